The van der Waals surface area contributed by atoms with Gasteiger partial charge < -0.3 is 9.47 Å². The number of H-pyrrole nitrogens is 1. The zero-order valence-electron chi connectivity index (χ0n) is 11.5. The number of carbonyl (C=O) groups is 1. The van der Waals surface area contributed by atoms with Crippen molar-refractivity contribution < 1.29 is 14.3 Å². The monoisotopic (exact) mass is 275 g/mol. The summed E-state index contributed by atoms with van der Waals surface area (Å²) in [5.74, 6) is 0.248. The van der Waals surface area contributed by atoms with Crippen LogP contribution in [0.5, 0.6) is 5.75 Å². The van der Waals surface area contributed by atoms with Crippen LogP contribution in [-0.4, -0.2) is 34.6 Å². The molecule has 2 rings (SSSR count). The van der Waals surface area contributed by atoms with E-state index in [1.807, 2.05) is 31.2 Å². The fraction of sp³-hybridized carbons (Fsp3) is 0.357. The molecule has 1 aromatic carbocycles. The lowest BCUT2D eigenvalue weighted by Gasteiger charge is -2.06. The highest BCUT2D eigenvalue weighted by molar-refractivity contribution is 5.93. The number of carbonyl (C=O) groups excluding carboxylic acids is 1. The molecule has 0 atom stereocenters. The van der Waals surface area contributed by atoms with Crippen molar-refractivity contribution in [3.05, 3.63) is 30.0 Å². The van der Waals surface area contributed by atoms with Crippen LogP contribution in [0.4, 0.5) is 0 Å². The van der Waals surface area contributed by atoms with Gasteiger partial charge in [0.05, 0.1) is 13.2 Å². The molecule has 6 heteroatoms. The molecule has 0 radical (unpaired) electrons. The third kappa shape index (κ3) is 3.14. The second-order valence-electron chi connectivity index (χ2n) is 4.12. The second-order valence-corrected chi connectivity index (χ2v) is 4.12. The lowest BCUT2D eigenvalue weighted by molar-refractivity contribution is 0.0520. The van der Waals surface area contributed by atoms with Gasteiger partial charge in [-0.15, -0.1) is 5.10 Å². The van der Waals surface area contributed by atoms with Gasteiger partial charge in [-0.2, -0.15) is 10.3 Å². The van der Waals surface area contributed by atoms with Gasteiger partial charge in [0.1, 0.15) is 11.4 Å². The largest absolute Gasteiger partial charge is 0.494 e. The molecular weight excluding hydrogens is 258 g/mol. The molecule has 20 heavy (non-hydrogen) atoms. The summed E-state index contributed by atoms with van der Waals surface area (Å²) in [6.07, 6.45) is 0.933. The van der Waals surface area contributed by atoms with Crippen molar-refractivity contribution >= 4 is 5.97 Å². The quantitative estimate of drug-likeness (QED) is 0.819. The number of hydrogen-bond donors (Lipinski definition) is 1. The highest BCUT2D eigenvalue weighted by Crippen LogP contribution is 2.24. The Morgan fingerprint density at radius 3 is 2.90 bits per heavy atom. The molecule has 0 unspecified atom stereocenters. The minimum atomic E-state index is -0.490. The summed E-state index contributed by atoms with van der Waals surface area (Å²) in [6, 6.07) is 7.39. The van der Waals surface area contributed by atoms with Crippen LogP contribution in [0.25, 0.3) is 11.3 Å². The molecule has 0 bridgehead atoms. The van der Waals surface area contributed by atoms with Crippen molar-refractivity contribution in [3.63, 3.8) is 0 Å². The van der Waals surface area contributed by atoms with Crippen LogP contribution in [0.1, 0.15) is 30.8 Å². The predicted molar refractivity (Wildman–Crippen MR) is 73.6 cm³/mol. The SMILES string of the molecule is CCCOc1cccc(-c2n[nH]nc2C(=O)OCC)c1. The number of aromatic nitrogens is 3. The van der Waals surface area contributed by atoms with E-state index in [4.69, 9.17) is 9.47 Å². The first-order valence-electron chi connectivity index (χ1n) is 6.57. The van der Waals surface area contributed by atoms with Gasteiger partial charge in [-0.3, -0.25) is 0 Å². The van der Waals surface area contributed by atoms with Crippen LogP contribution in [0.3, 0.4) is 0 Å². The summed E-state index contributed by atoms with van der Waals surface area (Å²) in [7, 11) is 0. The predicted octanol–water partition coefficient (Wildman–Crippen LogP) is 2.44. The summed E-state index contributed by atoms with van der Waals surface area (Å²) in [5, 5.41) is 10.3. The van der Waals surface area contributed by atoms with E-state index in [0.29, 0.717) is 18.9 Å². The first-order valence-corrected chi connectivity index (χ1v) is 6.57. The van der Waals surface area contributed by atoms with Crippen molar-refractivity contribution in [2.24, 2.45) is 0 Å². The summed E-state index contributed by atoms with van der Waals surface area (Å²) in [6.45, 7) is 4.73. The molecule has 2 aromatic rings. The Hall–Kier alpha value is -2.37. The highest BCUT2D eigenvalue weighted by atomic mass is 16.5. The Labute approximate surface area is 117 Å². The van der Waals surface area contributed by atoms with E-state index in [0.717, 1.165) is 17.7 Å². The lowest BCUT2D eigenvalue weighted by Crippen LogP contribution is -2.06. The minimum Gasteiger partial charge on any atom is -0.494 e. The normalized spacial score (nSPS) is 10.3. The van der Waals surface area contributed by atoms with Gasteiger partial charge in [0.2, 0.25) is 0 Å². The summed E-state index contributed by atoms with van der Waals surface area (Å²) in [5.41, 5.74) is 1.40. The Balaban J connectivity index is 2.27. The van der Waals surface area contributed by atoms with E-state index in [9.17, 15) is 4.79 Å². The van der Waals surface area contributed by atoms with E-state index in [-0.39, 0.29) is 5.69 Å². The Morgan fingerprint density at radius 2 is 2.15 bits per heavy atom. The summed E-state index contributed by atoms with van der Waals surface area (Å²) < 4.78 is 10.5. The zero-order valence-corrected chi connectivity index (χ0v) is 11.5. The summed E-state index contributed by atoms with van der Waals surface area (Å²) >= 11 is 0. The van der Waals surface area contributed by atoms with E-state index >= 15 is 0 Å². The minimum absolute atomic E-state index is 0.180. The van der Waals surface area contributed by atoms with Crippen LogP contribution >= 0.6 is 0 Å². The molecule has 1 N–H and O–H groups in total. The maximum atomic E-state index is 11.8. The molecule has 0 fully saturated rings. The molecular formula is C14H17N3O3. The van der Waals surface area contributed by atoms with Gasteiger partial charge in [0, 0.05) is 5.56 Å². The smallest absolute Gasteiger partial charge is 0.361 e. The number of nitrogens with one attached hydrogen (secondary N) is 1. The van der Waals surface area contributed by atoms with Crippen molar-refractivity contribution in [1.29, 1.82) is 0 Å². The van der Waals surface area contributed by atoms with Crippen LogP contribution in [0.2, 0.25) is 0 Å². The fourth-order valence-corrected chi connectivity index (χ4v) is 1.73. The third-order valence-corrected chi connectivity index (χ3v) is 2.60. The van der Waals surface area contributed by atoms with Crippen molar-refractivity contribution in [3.8, 4) is 17.0 Å². The van der Waals surface area contributed by atoms with E-state index < -0.39 is 5.97 Å². The molecule has 106 valence electrons. The number of ether oxygens (including phenoxy) is 2. The van der Waals surface area contributed by atoms with E-state index in [1.165, 1.54) is 0 Å². The van der Waals surface area contributed by atoms with Gasteiger partial charge in [-0.25, -0.2) is 4.79 Å². The first-order chi connectivity index (χ1) is 9.76. The average molecular weight is 275 g/mol. The van der Waals surface area contributed by atoms with Crippen molar-refractivity contribution in [2.45, 2.75) is 20.3 Å². The van der Waals surface area contributed by atoms with E-state index in [1.54, 1.807) is 6.92 Å². The molecule has 1 aromatic heterocycles. The average Bonchev–Trinajstić information content (AvgIpc) is 2.95. The van der Waals surface area contributed by atoms with E-state index in [2.05, 4.69) is 15.4 Å². The molecule has 1 heterocycles. The molecule has 0 saturated heterocycles. The lowest BCUT2D eigenvalue weighted by atomic mass is 10.1. The van der Waals surface area contributed by atoms with Crippen LogP contribution < -0.4 is 4.74 Å². The zero-order chi connectivity index (χ0) is 14.4. The van der Waals surface area contributed by atoms with Crippen LogP contribution in [0.15, 0.2) is 24.3 Å². The number of esters is 1. The molecule has 0 amide bonds. The van der Waals surface area contributed by atoms with Crippen molar-refractivity contribution in [2.75, 3.05) is 13.2 Å². The molecule has 6 nitrogen and oxygen atoms in total. The van der Waals surface area contributed by atoms with Gasteiger partial charge in [0.15, 0.2) is 5.69 Å². The van der Waals surface area contributed by atoms with Crippen LogP contribution in [-0.2, 0) is 4.74 Å². The standard InChI is InChI=1S/C14H17N3O3/c1-3-8-20-11-7-5-6-10(9-11)12-13(16-17-15-12)14(18)19-4-2/h5-7,9H,3-4,8H2,1-2H3,(H,15,16,17). The number of hydrogen-bond acceptors (Lipinski definition) is 5. The fourth-order valence-electron chi connectivity index (χ4n) is 1.73. The Kier molecular flexibility index (Phi) is 4.70. The highest BCUT2D eigenvalue weighted by Gasteiger charge is 2.19. The number of aromatic amines is 1. The van der Waals surface area contributed by atoms with Gasteiger partial charge in [-0.05, 0) is 25.5 Å². The number of nitrogens with zero attached hydrogens (tertiary/aromatic N) is 2. The van der Waals surface area contributed by atoms with Crippen LogP contribution in [0, 0.1) is 0 Å². The molecule has 0 aliphatic heterocycles. The van der Waals surface area contributed by atoms with Gasteiger partial charge >= 0.3 is 5.97 Å². The number of benzene rings is 1. The van der Waals surface area contributed by atoms with Gasteiger partial charge in [0.25, 0.3) is 0 Å². The first kappa shape index (κ1) is 14.0. The molecule has 0 aliphatic carbocycles. The van der Waals surface area contributed by atoms with Crippen molar-refractivity contribution in [1.82, 2.24) is 15.4 Å². The Bertz CT molecular complexity index is 581. The summed E-state index contributed by atoms with van der Waals surface area (Å²) in [4.78, 5) is 11.8. The maximum Gasteiger partial charge on any atom is 0.361 e. The number of rotatable bonds is 6. The third-order valence-electron chi connectivity index (χ3n) is 2.60. The second kappa shape index (κ2) is 6.70. The maximum absolute atomic E-state index is 11.8. The molecule has 0 aliphatic rings. The molecule has 0 saturated carbocycles. The van der Waals surface area contributed by atoms with Gasteiger partial charge in [-0.1, -0.05) is 19.1 Å². The Morgan fingerprint density at radius 1 is 1.30 bits per heavy atom. The molecule has 0 spiro atoms. The topological polar surface area (TPSA) is 77.1 Å².